The lowest BCUT2D eigenvalue weighted by atomic mass is 9.93. The second-order valence-corrected chi connectivity index (χ2v) is 10.9. The van der Waals surface area contributed by atoms with Crippen LogP contribution in [0.1, 0.15) is 53.2 Å². The van der Waals surface area contributed by atoms with Crippen LogP contribution < -0.4 is 16.2 Å². The Labute approximate surface area is 164 Å². The predicted molar refractivity (Wildman–Crippen MR) is 116 cm³/mol. The second-order valence-electron chi connectivity index (χ2n) is 8.79. The number of rotatable bonds is 3. The van der Waals surface area contributed by atoms with Gasteiger partial charge in [0.25, 0.3) is 0 Å². The van der Waals surface area contributed by atoms with E-state index in [1.54, 1.807) is 0 Å². The van der Waals surface area contributed by atoms with E-state index in [0.29, 0.717) is 0 Å². The van der Waals surface area contributed by atoms with Gasteiger partial charge in [-0.2, -0.15) is 0 Å². The molecule has 0 aliphatic carbocycles. The smallest absolute Gasteiger partial charge is 0.163 e. The maximum Gasteiger partial charge on any atom is 0.163 e. The topological polar surface area (TPSA) is 38.7 Å². The third-order valence-corrected chi connectivity index (χ3v) is 6.42. The monoisotopic (exact) mass is 377 g/mol. The summed E-state index contributed by atoms with van der Waals surface area (Å²) in [6.07, 6.45) is 0. The highest BCUT2D eigenvalue weighted by atomic mass is 31.1. The van der Waals surface area contributed by atoms with Crippen LogP contribution in [0.2, 0.25) is 0 Å². The molecule has 0 spiro atoms. The van der Waals surface area contributed by atoms with Crippen molar-refractivity contribution in [1.29, 1.82) is 0 Å². The van der Waals surface area contributed by atoms with Gasteiger partial charge in [0.05, 0.1) is 0 Å². The fourth-order valence-electron chi connectivity index (χ4n) is 2.67. The van der Waals surface area contributed by atoms with Crippen molar-refractivity contribution in [3.05, 3.63) is 72.3 Å². The zero-order valence-corrected chi connectivity index (χ0v) is 18.0. The SMILES string of the molecule is CC(C)(C)c1nc(P(c2ccccc2)c2ccccc2)nc(C(C)(C)C)n1. The first-order valence-corrected chi connectivity index (χ1v) is 10.7. The van der Waals surface area contributed by atoms with Gasteiger partial charge in [0.1, 0.15) is 11.6 Å². The summed E-state index contributed by atoms with van der Waals surface area (Å²) >= 11 is 0. The van der Waals surface area contributed by atoms with E-state index in [1.165, 1.54) is 10.6 Å². The van der Waals surface area contributed by atoms with Gasteiger partial charge < -0.3 is 0 Å². The van der Waals surface area contributed by atoms with Gasteiger partial charge in [-0.1, -0.05) is 102 Å². The van der Waals surface area contributed by atoms with Crippen LogP contribution in [-0.4, -0.2) is 15.0 Å². The first kappa shape index (κ1) is 19.6. The van der Waals surface area contributed by atoms with Gasteiger partial charge in [-0.3, -0.25) is 0 Å². The molecule has 2 aromatic carbocycles. The quantitative estimate of drug-likeness (QED) is 0.642. The molecule has 0 atom stereocenters. The summed E-state index contributed by atoms with van der Waals surface area (Å²) in [4.78, 5) is 14.8. The van der Waals surface area contributed by atoms with E-state index in [4.69, 9.17) is 15.0 Å². The van der Waals surface area contributed by atoms with Crippen molar-refractivity contribution >= 4 is 24.1 Å². The number of aromatic nitrogens is 3. The van der Waals surface area contributed by atoms with Crippen molar-refractivity contribution in [2.75, 3.05) is 0 Å². The molecule has 3 aromatic rings. The van der Waals surface area contributed by atoms with Gasteiger partial charge >= 0.3 is 0 Å². The van der Waals surface area contributed by atoms with Crippen LogP contribution in [0.25, 0.3) is 0 Å². The van der Waals surface area contributed by atoms with Gasteiger partial charge in [0.15, 0.2) is 5.57 Å². The molecule has 4 heteroatoms. The Kier molecular flexibility index (Phi) is 5.44. The Morgan fingerprint density at radius 2 is 0.926 bits per heavy atom. The Hall–Kier alpha value is -2.12. The molecule has 0 fully saturated rings. The standard InChI is InChI=1S/C23H28N3P/c1-22(2,3)19-24-20(23(4,5)6)26-21(25-19)27(17-13-9-7-10-14-17)18-15-11-8-12-16-18/h7-16H,1-6H3. The first-order chi connectivity index (χ1) is 12.7. The maximum atomic E-state index is 4.98. The zero-order valence-electron chi connectivity index (χ0n) is 17.1. The van der Waals surface area contributed by atoms with Crippen molar-refractivity contribution in [3.8, 4) is 0 Å². The minimum Gasteiger partial charge on any atom is -0.217 e. The van der Waals surface area contributed by atoms with E-state index in [1.807, 2.05) is 0 Å². The molecular formula is C23H28N3P. The molecule has 27 heavy (non-hydrogen) atoms. The molecule has 0 saturated heterocycles. The van der Waals surface area contributed by atoms with Gasteiger partial charge in [-0.05, 0) is 10.6 Å². The Balaban J connectivity index is 2.26. The molecule has 0 N–H and O–H groups in total. The lowest BCUT2D eigenvalue weighted by molar-refractivity contribution is 0.499. The summed E-state index contributed by atoms with van der Waals surface area (Å²) in [5, 5.41) is 2.51. The maximum absolute atomic E-state index is 4.98. The van der Waals surface area contributed by atoms with Gasteiger partial charge in [-0.15, -0.1) is 0 Å². The number of benzene rings is 2. The molecule has 140 valence electrons. The molecule has 3 nitrogen and oxygen atoms in total. The normalized spacial score (nSPS) is 12.4. The van der Waals surface area contributed by atoms with Crippen LogP contribution in [0.3, 0.4) is 0 Å². The number of nitrogens with zero attached hydrogens (tertiary/aromatic N) is 3. The van der Waals surface area contributed by atoms with Crippen LogP contribution in [0.15, 0.2) is 60.7 Å². The Morgan fingerprint density at radius 1 is 0.556 bits per heavy atom. The van der Waals surface area contributed by atoms with Crippen molar-refractivity contribution < 1.29 is 0 Å². The summed E-state index contributed by atoms with van der Waals surface area (Å²) < 4.78 is 0. The van der Waals surface area contributed by atoms with Crippen LogP contribution in [0, 0.1) is 0 Å². The summed E-state index contributed by atoms with van der Waals surface area (Å²) in [6.45, 7) is 13.0. The first-order valence-electron chi connectivity index (χ1n) is 9.33. The van der Waals surface area contributed by atoms with Gasteiger partial charge in [0, 0.05) is 18.8 Å². The highest BCUT2D eigenvalue weighted by molar-refractivity contribution is 7.79. The van der Waals surface area contributed by atoms with Crippen LogP contribution >= 0.6 is 7.92 Å². The van der Waals surface area contributed by atoms with Gasteiger partial charge in [-0.25, -0.2) is 15.0 Å². The van der Waals surface area contributed by atoms with E-state index < -0.39 is 7.92 Å². The number of hydrogen-bond donors (Lipinski definition) is 0. The average molecular weight is 377 g/mol. The highest BCUT2D eigenvalue weighted by Crippen LogP contribution is 2.32. The van der Waals surface area contributed by atoms with E-state index in [9.17, 15) is 0 Å². The molecule has 0 radical (unpaired) electrons. The summed E-state index contributed by atoms with van der Waals surface area (Å²) in [5.41, 5.74) is 0.616. The van der Waals surface area contributed by atoms with Crippen molar-refractivity contribution in [1.82, 2.24) is 15.0 Å². The van der Waals surface area contributed by atoms with E-state index in [2.05, 4.69) is 102 Å². The molecule has 0 aliphatic heterocycles. The predicted octanol–water partition coefficient (Wildman–Crippen LogP) is 4.22. The Bertz CT molecular complexity index is 823. The fraction of sp³-hybridized carbons (Fsp3) is 0.348. The molecule has 0 amide bonds. The van der Waals surface area contributed by atoms with Crippen LogP contribution in [0.5, 0.6) is 0 Å². The molecular weight excluding hydrogens is 349 g/mol. The average Bonchev–Trinajstić information content (AvgIpc) is 2.62. The fourth-order valence-corrected chi connectivity index (χ4v) is 4.76. The largest absolute Gasteiger partial charge is 0.217 e. The summed E-state index contributed by atoms with van der Waals surface area (Å²) in [6, 6.07) is 21.2. The lowest BCUT2D eigenvalue weighted by Gasteiger charge is -2.25. The van der Waals surface area contributed by atoms with Crippen molar-refractivity contribution in [2.45, 2.75) is 52.4 Å². The molecule has 0 bridgehead atoms. The highest BCUT2D eigenvalue weighted by Gasteiger charge is 2.28. The molecule has 3 rings (SSSR count). The molecule has 1 heterocycles. The molecule has 0 aliphatic rings. The van der Waals surface area contributed by atoms with E-state index in [0.717, 1.165) is 17.2 Å². The third kappa shape index (κ3) is 4.59. The summed E-state index contributed by atoms with van der Waals surface area (Å²) in [5.74, 6) is 1.72. The van der Waals surface area contributed by atoms with Crippen LogP contribution in [-0.2, 0) is 10.8 Å². The zero-order chi connectivity index (χ0) is 19.7. The molecule has 0 unspecified atom stereocenters. The van der Waals surface area contributed by atoms with Crippen LogP contribution in [0.4, 0.5) is 0 Å². The Morgan fingerprint density at radius 3 is 1.26 bits per heavy atom. The minimum absolute atomic E-state index is 0.133. The third-order valence-electron chi connectivity index (χ3n) is 4.19. The summed E-state index contributed by atoms with van der Waals surface area (Å²) in [7, 11) is -0.835. The molecule has 1 aromatic heterocycles. The van der Waals surface area contributed by atoms with E-state index >= 15 is 0 Å². The second kappa shape index (κ2) is 7.48. The van der Waals surface area contributed by atoms with Gasteiger partial charge in [0.2, 0.25) is 0 Å². The lowest BCUT2D eigenvalue weighted by Crippen LogP contribution is -2.33. The van der Waals surface area contributed by atoms with Crippen molar-refractivity contribution in [3.63, 3.8) is 0 Å². The number of hydrogen-bond acceptors (Lipinski definition) is 3. The van der Waals surface area contributed by atoms with E-state index in [-0.39, 0.29) is 10.8 Å². The van der Waals surface area contributed by atoms with Crippen molar-refractivity contribution in [2.24, 2.45) is 0 Å². The minimum atomic E-state index is -0.835. The molecule has 0 saturated carbocycles.